The maximum absolute atomic E-state index is 14.5. The fourth-order valence-corrected chi connectivity index (χ4v) is 5.26. The number of benzene rings is 4. The molecular formula is C35H34N4O6. The van der Waals surface area contributed by atoms with Gasteiger partial charge in [-0.05, 0) is 58.7 Å². The summed E-state index contributed by atoms with van der Waals surface area (Å²) in [6, 6.07) is 27.3. The highest BCUT2D eigenvalue weighted by atomic mass is 16.6. The molecule has 1 unspecified atom stereocenters. The van der Waals surface area contributed by atoms with E-state index < -0.39 is 29.9 Å². The summed E-state index contributed by atoms with van der Waals surface area (Å²) in [7, 11) is 1.52. The highest BCUT2D eigenvalue weighted by Gasteiger charge is 2.39. The molecule has 0 bridgehead atoms. The molecule has 4 aromatic rings. The molecule has 0 aliphatic carbocycles. The number of carbonyl (C=O) groups is 3. The van der Waals surface area contributed by atoms with Gasteiger partial charge in [-0.15, -0.1) is 0 Å². The molecule has 1 amide bonds. The molecule has 10 nitrogen and oxygen atoms in total. The van der Waals surface area contributed by atoms with Crippen molar-refractivity contribution in [3.63, 3.8) is 0 Å². The first kappa shape index (κ1) is 30.8. The van der Waals surface area contributed by atoms with Gasteiger partial charge in [0.25, 0.3) is 5.91 Å². The van der Waals surface area contributed by atoms with Gasteiger partial charge in [-0.1, -0.05) is 60.7 Å². The number of hydrogen-bond acceptors (Lipinski definition) is 8. The first-order chi connectivity index (χ1) is 21.7. The average molecular weight is 607 g/mol. The third-order valence-electron chi connectivity index (χ3n) is 7.56. The molecule has 2 atom stereocenters. The Balaban J connectivity index is 1.51. The highest BCUT2D eigenvalue weighted by Crippen LogP contribution is 2.35. The number of ether oxygens (including phenoxy) is 3. The summed E-state index contributed by atoms with van der Waals surface area (Å²) in [4.78, 5) is 40.9. The molecule has 4 N–H and O–H groups in total. The molecule has 1 heterocycles. The van der Waals surface area contributed by atoms with Crippen LogP contribution in [0.4, 0.5) is 5.69 Å². The standard InChI is InChI=1S/C35H34N4O6/c1-22(40)45-35(42)29-18-25-10-6-7-11-27(25)20-39(29)34(41)32(38-28-15-12-24(13-16-28)33(36)37)26-14-17-30(31(19-26)43-2)44-21-23-8-4-3-5-9-23/h3-17,19,29,32,38H,18,20-21H2,1-2H3,(H3,36,37)/t29-,32?/m1/s1. The number of nitrogens with two attached hydrogens (primary N) is 1. The Morgan fingerprint density at radius 3 is 2.29 bits per heavy atom. The van der Waals surface area contributed by atoms with Crippen molar-refractivity contribution in [3.8, 4) is 11.5 Å². The van der Waals surface area contributed by atoms with Crippen LogP contribution in [0.3, 0.4) is 0 Å². The van der Waals surface area contributed by atoms with Crippen molar-refractivity contribution in [2.24, 2.45) is 5.73 Å². The maximum Gasteiger partial charge on any atom is 0.336 e. The summed E-state index contributed by atoms with van der Waals surface area (Å²) in [6.07, 6.45) is 0.198. The predicted molar refractivity (Wildman–Crippen MR) is 169 cm³/mol. The smallest absolute Gasteiger partial charge is 0.336 e. The summed E-state index contributed by atoms with van der Waals surface area (Å²) in [6.45, 7) is 1.62. The second-order valence-corrected chi connectivity index (χ2v) is 10.6. The van der Waals surface area contributed by atoms with Gasteiger partial charge < -0.3 is 30.2 Å². The lowest BCUT2D eigenvalue weighted by molar-refractivity contribution is -0.165. The monoisotopic (exact) mass is 606 g/mol. The number of nitrogen functional groups attached to an aromatic ring is 1. The summed E-state index contributed by atoms with van der Waals surface area (Å²) in [5.74, 6) is -1.11. The average Bonchev–Trinajstić information content (AvgIpc) is 3.05. The number of rotatable bonds is 10. The van der Waals surface area contributed by atoms with Crippen LogP contribution < -0.4 is 20.5 Å². The van der Waals surface area contributed by atoms with Gasteiger partial charge in [-0.25, -0.2) is 4.79 Å². The van der Waals surface area contributed by atoms with Crippen molar-refractivity contribution < 1.29 is 28.6 Å². The molecule has 45 heavy (non-hydrogen) atoms. The van der Waals surface area contributed by atoms with Crippen LogP contribution in [0.2, 0.25) is 0 Å². The molecule has 0 saturated carbocycles. The van der Waals surface area contributed by atoms with Gasteiger partial charge in [-0.2, -0.15) is 0 Å². The van der Waals surface area contributed by atoms with E-state index in [0.717, 1.165) is 23.6 Å². The number of amidine groups is 1. The van der Waals surface area contributed by atoms with E-state index in [1.54, 1.807) is 42.5 Å². The zero-order valence-corrected chi connectivity index (χ0v) is 25.0. The Bertz CT molecular complexity index is 1710. The quantitative estimate of drug-likeness (QED) is 0.102. The molecule has 0 radical (unpaired) electrons. The number of amides is 1. The number of esters is 2. The number of fused-ring (bicyclic) bond motifs is 1. The molecule has 10 heteroatoms. The van der Waals surface area contributed by atoms with Gasteiger partial charge in [0.1, 0.15) is 24.5 Å². The minimum Gasteiger partial charge on any atom is -0.493 e. The minimum absolute atomic E-state index is 0.0798. The van der Waals surface area contributed by atoms with Gasteiger partial charge in [0.15, 0.2) is 11.5 Å². The van der Waals surface area contributed by atoms with Crippen LogP contribution in [-0.2, 0) is 38.7 Å². The number of hydrogen-bond donors (Lipinski definition) is 3. The van der Waals surface area contributed by atoms with Crippen LogP contribution in [0.15, 0.2) is 97.1 Å². The highest BCUT2D eigenvalue weighted by molar-refractivity contribution is 5.96. The molecule has 0 aromatic heterocycles. The molecule has 0 fully saturated rings. The van der Waals surface area contributed by atoms with Crippen molar-refractivity contribution in [2.45, 2.75) is 38.6 Å². The third-order valence-corrected chi connectivity index (χ3v) is 7.56. The Labute approximate surface area is 261 Å². The molecule has 0 saturated heterocycles. The van der Waals surface area contributed by atoms with E-state index in [-0.39, 0.29) is 18.8 Å². The summed E-state index contributed by atoms with van der Waals surface area (Å²) < 4.78 is 16.7. The van der Waals surface area contributed by atoms with Crippen LogP contribution >= 0.6 is 0 Å². The van der Waals surface area contributed by atoms with E-state index in [0.29, 0.717) is 34.9 Å². The number of anilines is 1. The second-order valence-electron chi connectivity index (χ2n) is 10.6. The van der Waals surface area contributed by atoms with E-state index in [4.69, 9.17) is 25.4 Å². The van der Waals surface area contributed by atoms with E-state index in [2.05, 4.69) is 5.32 Å². The van der Waals surface area contributed by atoms with Crippen molar-refractivity contribution in [1.29, 1.82) is 5.41 Å². The fraction of sp³-hybridized carbons (Fsp3) is 0.200. The van der Waals surface area contributed by atoms with E-state index in [1.165, 1.54) is 12.0 Å². The summed E-state index contributed by atoms with van der Waals surface area (Å²) in [5.41, 5.74) is 10.1. The van der Waals surface area contributed by atoms with Crippen LogP contribution in [0.25, 0.3) is 0 Å². The summed E-state index contributed by atoms with van der Waals surface area (Å²) in [5, 5.41) is 11.0. The largest absolute Gasteiger partial charge is 0.493 e. The Hall–Kier alpha value is -5.64. The number of nitrogens with zero attached hydrogens (tertiary/aromatic N) is 1. The van der Waals surface area contributed by atoms with Gasteiger partial charge in [0.05, 0.1) is 7.11 Å². The van der Waals surface area contributed by atoms with Gasteiger partial charge in [0.2, 0.25) is 0 Å². The van der Waals surface area contributed by atoms with Gasteiger partial charge in [0, 0.05) is 31.1 Å². The molecule has 1 aliphatic rings. The Morgan fingerprint density at radius 1 is 0.933 bits per heavy atom. The van der Waals surface area contributed by atoms with Gasteiger partial charge >= 0.3 is 11.9 Å². The SMILES string of the molecule is COc1cc(C(Nc2ccc(C(=N)N)cc2)C(=O)N2Cc3ccccc3C[C@@H]2C(=O)OC(C)=O)ccc1OCc1ccccc1. The first-order valence-corrected chi connectivity index (χ1v) is 14.4. The lowest BCUT2D eigenvalue weighted by Crippen LogP contribution is -2.52. The van der Waals surface area contributed by atoms with E-state index in [9.17, 15) is 14.4 Å². The maximum atomic E-state index is 14.5. The predicted octanol–water partition coefficient (Wildman–Crippen LogP) is 4.75. The van der Waals surface area contributed by atoms with Crippen molar-refractivity contribution in [2.75, 3.05) is 12.4 Å². The van der Waals surface area contributed by atoms with E-state index >= 15 is 0 Å². The minimum atomic E-state index is -1.02. The molecule has 1 aliphatic heterocycles. The normalized spacial score (nSPS) is 14.4. The van der Waals surface area contributed by atoms with Crippen LogP contribution in [0.5, 0.6) is 11.5 Å². The van der Waals surface area contributed by atoms with Crippen LogP contribution in [-0.4, -0.2) is 41.7 Å². The van der Waals surface area contributed by atoms with Crippen molar-refractivity contribution >= 4 is 29.4 Å². The number of methoxy groups -OCH3 is 1. The topological polar surface area (TPSA) is 144 Å². The number of nitrogens with one attached hydrogen (secondary N) is 2. The molecule has 4 aromatic carbocycles. The van der Waals surface area contributed by atoms with Crippen LogP contribution in [0, 0.1) is 5.41 Å². The zero-order valence-electron chi connectivity index (χ0n) is 25.0. The Morgan fingerprint density at radius 2 is 1.62 bits per heavy atom. The Kier molecular flexibility index (Phi) is 9.43. The van der Waals surface area contributed by atoms with Crippen molar-refractivity contribution in [3.05, 3.63) is 125 Å². The first-order valence-electron chi connectivity index (χ1n) is 14.4. The fourth-order valence-electron chi connectivity index (χ4n) is 5.26. The van der Waals surface area contributed by atoms with Crippen molar-refractivity contribution in [1.82, 2.24) is 4.90 Å². The lowest BCUT2D eigenvalue weighted by atomic mass is 9.92. The molecule has 230 valence electrons. The number of carbonyl (C=O) groups excluding carboxylic acids is 3. The molecular weight excluding hydrogens is 572 g/mol. The van der Waals surface area contributed by atoms with Gasteiger partial charge in [-0.3, -0.25) is 15.0 Å². The lowest BCUT2D eigenvalue weighted by Gasteiger charge is -2.37. The molecule has 5 rings (SSSR count). The molecule has 0 spiro atoms. The van der Waals surface area contributed by atoms with Crippen LogP contribution in [0.1, 0.15) is 40.8 Å². The zero-order chi connectivity index (χ0) is 31.9. The summed E-state index contributed by atoms with van der Waals surface area (Å²) >= 11 is 0. The van der Waals surface area contributed by atoms with E-state index in [1.807, 2.05) is 54.6 Å². The third kappa shape index (κ3) is 7.30. The second kappa shape index (κ2) is 13.8.